The first-order chi connectivity index (χ1) is 13.2. The average Bonchev–Trinajstić information content (AvgIpc) is 3.11. The van der Waals surface area contributed by atoms with Gasteiger partial charge in [-0.2, -0.15) is 0 Å². The number of hydrogen-bond donors (Lipinski definition) is 1. The van der Waals surface area contributed by atoms with Gasteiger partial charge in [0.1, 0.15) is 0 Å². The molecule has 1 aromatic heterocycles. The van der Waals surface area contributed by atoms with Crippen LogP contribution < -0.4 is 0 Å². The van der Waals surface area contributed by atoms with Gasteiger partial charge in [-0.25, -0.2) is 4.79 Å². The van der Waals surface area contributed by atoms with E-state index in [2.05, 4.69) is 45.2 Å². The molecule has 2 saturated heterocycles. The summed E-state index contributed by atoms with van der Waals surface area (Å²) in [4.78, 5) is 22.3. The molecule has 0 spiro atoms. The fraction of sp³-hybridized carbons (Fsp3) is 0.571. The Hall–Kier alpha value is -2.05. The Morgan fingerprint density at radius 1 is 1.19 bits per heavy atom. The van der Waals surface area contributed by atoms with Crippen molar-refractivity contribution in [1.29, 1.82) is 0 Å². The molecule has 27 heavy (non-hydrogen) atoms. The summed E-state index contributed by atoms with van der Waals surface area (Å²) in [5.41, 5.74) is 2.61. The summed E-state index contributed by atoms with van der Waals surface area (Å²) in [5, 5.41) is 1.34. The van der Waals surface area contributed by atoms with Crippen LogP contribution in [0.2, 0.25) is 0 Å². The maximum atomic E-state index is 11.9. The van der Waals surface area contributed by atoms with E-state index in [-0.39, 0.29) is 6.09 Å². The monoisotopic (exact) mass is 370 g/mol. The third kappa shape index (κ3) is 4.12. The number of benzene rings is 1. The molecule has 0 bridgehead atoms. The molecule has 4 rings (SSSR count). The van der Waals surface area contributed by atoms with Crippen molar-refractivity contribution < 1.29 is 9.53 Å². The molecule has 146 valence electrons. The second-order valence-corrected chi connectivity index (χ2v) is 7.61. The number of nitrogens with zero attached hydrogens (tertiary/aromatic N) is 3. The van der Waals surface area contributed by atoms with E-state index in [1.54, 1.807) is 0 Å². The zero-order valence-corrected chi connectivity index (χ0v) is 16.2. The number of piperidine rings is 1. The van der Waals surface area contributed by atoms with Crippen molar-refractivity contribution in [2.45, 2.75) is 32.4 Å². The number of para-hydroxylation sites is 1. The van der Waals surface area contributed by atoms with E-state index in [0.717, 1.165) is 39.3 Å². The van der Waals surface area contributed by atoms with Crippen molar-refractivity contribution in [3.8, 4) is 0 Å². The quantitative estimate of drug-likeness (QED) is 0.899. The molecule has 3 heterocycles. The minimum atomic E-state index is -0.165. The van der Waals surface area contributed by atoms with Crippen molar-refractivity contribution >= 4 is 17.0 Å². The van der Waals surface area contributed by atoms with Gasteiger partial charge in [0.15, 0.2) is 0 Å². The van der Waals surface area contributed by atoms with Crippen LogP contribution in [0.3, 0.4) is 0 Å². The van der Waals surface area contributed by atoms with E-state index < -0.39 is 0 Å². The van der Waals surface area contributed by atoms with Crippen LogP contribution in [0.5, 0.6) is 0 Å². The second kappa shape index (κ2) is 8.31. The number of rotatable bonds is 4. The molecule has 0 saturated carbocycles. The number of ether oxygens (including phenoxy) is 1. The van der Waals surface area contributed by atoms with Gasteiger partial charge in [-0.1, -0.05) is 18.2 Å². The smallest absolute Gasteiger partial charge is 0.409 e. The molecule has 2 aromatic rings. The van der Waals surface area contributed by atoms with Crippen LogP contribution in [0.15, 0.2) is 30.5 Å². The van der Waals surface area contributed by atoms with Crippen LogP contribution in [0, 0.1) is 0 Å². The van der Waals surface area contributed by atoms with E-state index >= 15 is 0 Å². The molecule has 2 fully saturated rings. The van der Waals surface area contributed by atoms with Crippen LogP contribution in [0.25, 0.3) is 10.9 Å². The average molecular weight is 370 g/mol. The van der Waals surface area contributed by atoms with Gasteiger partial charge in [-0.05, 0) is 37.9 Å². The number of aromatic nitrogens is 1. The first-order valence-corrected chi connectivity index (χ1v) is 10.2. The lowest BCUT2D eigenvalue weighted by Crippen LogP contribution is -2.55. The number of carbonyl (C=O) groups excluding carboxylic acids is 1. The molecule has 1 atom stereocenters. The van der Waals surface area contributed by atoms with Crippen LogP contribution in [0.1, 0.15) is 25.3 Å². The van der Waals surface area contributed by atoms with Gasteiger partial charge in [0.2, 0.25) is 0 Å². The molecule has 2 aliphatic heterocycles. The van der Waals surface area contributed by atoms with Gasteiger partial charge in [0, 0.05) is 62.4 Å². The van der Waals surface area contributed by atoms with Crippen LogP contribution in [-0.2, 0) is 11.3 Å². The van der Waals surface area contributed by atoms with Crippen molar-refractivity contribution in [1.82, 2.24) is 19.7 Å². The highest BCUT2D eigenvalue weighted by molar-refractivity contribution is 5.82. The summed E-state index contributed by atoms with van der Waals surface area (Å²) in [6.07, 6.45) is 4.49. The lowest BCUT2D eigenvalue weighted by molar-refractivity contribution is 0.0413. The number of carbonyl (C=O) groups is 1. The highest BCUT2D eigenvalue weighted by Crippen LogP contribution is 2.23. The number of likely N-dealkylation sites (tertiary alicyclic amines) is 1. The summed E-state index contributed by atoms with van der Waals surface area (Å²) in [5.74, 6) is 0. The third-order valence-corrected chi connectivity index (χ3v) is 5.91. The summed E-state index contributed by atoms with van der Waals surface area (Å²) in [7, 11) is 0. The number of piperazine rings is 1. The molecule has 1 N–H and O–H groups in total. The van der Waals surface area contributed by atoms with Crippen molar-refractivity contribution in [2.24, 2.45) is 0 Å². The van der Waals surface area contributed by atoms with Crippen LogP contribution >= 0.6 is 0 Å². The van der Waals surface area contributed by atoms with Gasteiger partial charge < -0.3 is 14.6 Å². The maximum absolute atomic E-state index is 11.9. The highest BCUT2D eigenvalue weighted by atomic mass is 16.6. The fourth-order valence-corrected chi connectivity index (χ4v) is 4.46. The molecule has 6 nitrogen and oxygen atoms in total. The van der Waals surface area contributed by atoms with Crippen LogP contribution in [0.4, 0.5) is 4.79 Å². The minimum absolute atomic E-state index is 0.165. The predicted molar refractivity (Wildman–Crippen MR) is 107 cm³/mol. The zero-order chi connectivity index (χ0) is 18.6. The summed E-state index contributed by atoms with van der Waals surface area (Å²) in [6.45, 7) is 9.04. The van der Waals surface area contributed by atoms with E-state index in [1.807, 2.05) is 11.8 Å². The summed E-state index contributed by atoms with van der Waals surface area (Å²) >= 11 is 0. The maximum Gasteiger partial charge on any atom is 0.409 e. The molecular formula is C21H30N4O2. The molecule has 1 aromatic carbocycles. The van der Waals surface area contributed by atoms with Gasteiger partial charge in [-0.3, -0.25) is 9.80 Å². The summed E-state index contributed by atoms with van der Waals surface area (Å²) < 4.78 is 5.13. The molecular weight excluding hydrogens is 340 g/mol. The first kappa shape index (κ1) is 18.3. The Morgan fingerprint density at radius 3 is 2.81 bits per heavy atom. The number of nitrogens with one attached hydrogen (secondary N) is 1. The van der Waals surface area contributed by atoms with Crippen LogP contribution in [-0.4, -0.2) is 77.7 Å². The van der Waals surface area contributed by atoms with E-state index in [1.165, 1.54) is 35.9 Å². The minimum Gasteiger partial charge on any atom is -0.450 e. The Morgan fingerprint density at radius 2 is 2.00 bits per heavy atom. The lowest BCUT2D eigenvalue weighted by Gasteiger charge is -2.43. The largest absolute Gasteiger partial charge is 0.450 e. The standard InChI is InChI=1S/C21H30N4O2/c1-2-27-21(26)25-12-10-24(11-13-25)18-6-5-9-23(16-18)15-17-14-22-20-8-4-3-7-19(17)20/h3-4,7-8,14,18,22H,2,5-6,9-13,15-16H2,1H3/t18-/m1/s1. The number of fused-ring (bicyclic) bond motifs is 1. The number of H-pyrrole nitrogens is 1. The highest BCUT2D eigenvalue weighted by Gasteiger charge is 2.29. The van der Waals surface area contributed by atoms with Gasteiger partial charge >= 0.3 is 6.09 Å². The second-order valence-electron chi connectivity index (χ2n) is 7.61. The molecule has 0 unspecified atom stereocenters. The van der Waals surface area contributed by atoms with Crippen molar-refractivity contribution in [2.75, 3.05) is 45.9 Å². The Labute approximate surface area is 161 Å². The Balaban J connectivity index is 1.33. The van der Waals surface area contributed by atoms with E-state index in [0.29, 0.717) is 12.6 Å². The van der Waals surface area contributed by atoms with Gasteiger partial charge in [0.05, 0.1) is 6.61 Å². The number of aromatic amines is 1. The van der Waals surface area contributed by atoms with Gasteiger partial charge in [-0.15, -0.1) is 0 Å². The molecule has 6 heteroatoms. The molecule has 2 aliphatic rings. The first-order valence-electron chi connectivity index (χ1n) is 10.2. The normalized spacial score (nSPS) is 22.3. The summed E-state index contributed by atoms with van der Waals surface area (Å²) in [6, 6.07) is 9.13. The number of hydrogen-bond acceptors (Lipinski definition) is 4. The molecule has 0 radical (unpaired) electrons. The Bertz CT molecular complexity index is 766. The van der Waals surface area contributed by atoms with Gasteiger partial charge in [0.25, 0.3) is 0 Å². The lowest BCUT2D eigenvalue weighted by atomic mass is 10.0. The Kier molecular flexibility index (Phi) is 5.64. The van der Waals surface area contributed by atoms with Crippen molar-refractivity contribution in [3.05, 3.63) is 36.0 Å². The predicted octanol–water partition coefficient (Wildman–Crippen LogP) is 2.91. The zero-order valence-electron chi connectivity index (χ0n) is 16.2. The molecule has 1 amide bonds. The topological polar surface area (TPSA) is 51.8 Å². The molecule has 0 aliphatic carbocycles. The van der Waals surface area contributed by atoms with Crippen molar-refractivity contribution in [3.63, 3.8) is 0 Å². The van der Waals surface area contributed by atoms with E-state index in [4.69, 9.17) is 4.74 Å². The third-order valence-electron chi connectivity index (χ3n) is 5.91. The van der Waals surface area contributed by atoms with E-state index in [9.17, 15) is 4.79 Å². The number of amides is 1. The fourth-order valence-electron chi connectivity index (χ4n) is 4.46. The SMILES string of the molecule is CCOC(=O)N1CCN([C@@H]2CCCN(Cc3c[nH]c4ccccc34)C2)CC1.